The van der Waals surface area contributed by atoms with Gasteiger partial charge in [0, 0.05) is 11.0 Å². The first-order valence-electron chi connectivity index (χ1n) is 5.40. The first kappa shape index (κ1) is 15.0. The molecular weight excluding hydrogens is 321 g/mol. The van der Waals surface area contributed by atoms with Crippen molar-refractivity contribution in [1.82, 2.24) is 4.90 Å². The van der Waals surface area contributed by atoms with Gasteiger partial charge in [0.05, 0.1) is 5.02 Å². The van der Waals surface area contributed by atoms with E-state index in [0.29, 0.717) is 34.4 Å². The highest BCUT2D eigenvalue weighted by Gasteiger charge is 2.26. The first-order chi connectivity index (χ1) is 8.51. The number of carboxylic acids is 1. The molecule has 1 N–H and O–H groups in total. The zero-order chi connectivity index (χ0) is 13.7. The number of nitrogens with zero attached hydrogens (tertiary/aromatic N) is 1. The molecule has 1 aromatic rings. The molecule has 0 spiro atoms. The highest BCUT2D eigenvalue weighted by Crippen LogP contribution is 2.28. The molecule has 1 atom stereocenters. The minimum Gasteiger partial charge on any atom is -0.479 e. The van der Waals surface area contributed by atoms with Gasteiger partial charge < -0.3 is 10.0 Å². The highest BCUT2D eigenvalue weighted by atomic mass is 79.9. The van der Waals surface area contributed by atoms with Crippen LogP contribution in [-0.2, 0) is 9.59 Å². The summed E-state index contributed by atoms with van der Waals surface area (Å²) in [5.74, 6) is -1.08. The first-order valence-corrected chi connectivity index (χ1v) is 6.57. The quantitative estimate of drug-likeness (QED) is 0.813. The fourth-order valence-corrected chi connectivity index (χ4v) is 2.09. The molecule has 0 bridgehead atoms. The second kappa shape index (κ2) is 6.75. The Morgan fingerprint density at radius 2 is 2.28 bits per heavy atom. The van der Waals surface area contributed by atoms with Gasteiger partial charge in [0.15, 0.2) is 6.04 Å². The Kier molecular flexibility index (Phi) is 5.62. The predicted molar refractivity (Wildman–Crippen MR) is 72.6 cm³/mol. The van der Waals surface area contributed by atoms with E-state index in [4.69, 9.17) is 11.6 Å². The maximum atomic E-state index is 11.3. The Labute approximate surface area is 119 Å². The molecule has 0 aliphatic heterocycles. The maximum absolute atomic E-state index is 11.3. The summed E-state index contributed by atoms with van der Waals surface area (Å²) in [6.45, 7) is 2.26. The van der Waals surface area contributed by atoms with Crippen LogP contribution in [0.4, 0.5) is 0 Å². The average Bonchev–Trinajstić information content (AvgIpc) is 2.32. The topological polar surface area (TPSA) is 57.6 Å². The van der Waals surface area contributed by atoms with Crippen LogP contribution in [0.2, 0.25) is 5.02 Å². The van der Waals surface area contributed by atoms with Gasteiger partial charge in [-0.3, -0.25) is 4.79 Å². The van der Waals surface area contributed by atoms with Gasteiger partial charge in [0.25, 0.3) is 0 Å². The van der Waals surface area contributed by atoms with Crippen molar-refractivity contribution in [1.29, 1.82) is 0 Å². The molecule has 0 aliphatic carbocycles. The summed E-state index contributed by atoms with van der Waals surface area (Å²) in [6.07, 6.45) is 1.24. The number of hydrogen-bond acceptors (Lipinski definition) is 2. The molecule has 1 rings (SSSR count). The van der Waals surface area contributed by atoms with Gasteiger partial charge in [-0.15, -0.1) is 0 Å². The zero-order valence-electron chi connectivity index (χ0n) is 9.77. The molecule has 0 saturated carbocycles. The lowest BCUT2D eigenvalue weighted by molar-refractivity contribution is -0.146. The second-order valence-corrected chi connectivity index (χ2v) is 5.02. The molecular formula is C12H13BrClNO3. The molecule has 4 nitrogen and oxygen atoms in total. The zero-order valence-corrected chi connectivity index (χ0v) is 12.1. The van der Waals surface area contributed by atoms with Crippen LogP contribution in [0, 0.1) is 0 Å². The van der Waals surface area contributed by atoms with Crippen LogP contribution in [0.3, 0.4) is 0 Å². The summed E-state index contributed by atoms with van der Waals surface area (Å²) in [6, 6.07) is 3.85. The van der Waals surface area contributed by atoms with Gasteiger partial charge in [-0.05, 0) is 40.0 Å². The number of carboxylic acid groups (broad SMARTS) is 1. The molecule has 0 saturated heterocycles. The molecule has 1 unspecified atom stereocenters. The lowest BCUT2D eigenvalue weighted by Gasteiger charge is -2.25. The van der Waals surface area contributed by atoms with Crippen LogP contribution in [0.5, 0.6) is 0 Å². The number of halogens is 2. The van der Waals surface area contributed by atoms with E-state index >= 15 is 0 Å². The monoisotopic (exact) mass is 333 g/mol. The summed E-state index contributed by atoms with van der Waals surface area (Å²) in [5.41, 5.74) is 0.483. The molecule has 6 heteroatoms. The number of rotatable bonds is 6. The van der Waals surface area contributed by atoms with Crippen molar-refractivity contribution in [3.8, 4) is 0 Å². The van der Waals surface area contributed by atoms with Gasteiger partial charge in [-0.25, -0.2) is 4.79 Å². The third-order valence-electron chi connectivity index (χ3n) is 2.44. The van der Waals surface area contributed by atoms with E-state index in [1.807, 2.05) is 6.92 Å². The van der Waals surface area contributed by atoms with E-state index in [9.17, 15) is 14.7 Å². The van der Waals surface area contributed by atoms with E-state index < -0.39 is 12.0 Å². The van der Waals surface area contributed by atoms with Crippen LogP contribution in [-0.4, -0.2) is 28.9 Å². The summed E-state index contributed by atoms with van der Waals surface area (Å²) in [4.78, 5) is 23.6. The molecule has 1 aromatic carbocycles. The number of aliphatic carboxylic acids is 1. The summed E-state index contributed by atoms with van der Waals surface area (Å²) >= 11 is 9.18. The fraction of sp³-hybridized carbons (Fsp3) is 0.333. The molecule has 0 aromatic heterocycles. The predicted octanol–water partition coefficient (Wildman–Crippen LogP) is 3.10. The van der Waals surface area contributed by atoms with E-state index in [0.717, 1.165) is 0 Å². The number of carbonyl (C=O) groups is 2. The normalized spacial score (nSPS) is 11.9. The van der Waals surface area contributed by atoms with Crippen LogP contribution < -0.4 is 0 Å². The van der Waals surface area contributed by atoms with Gasteiger partial charge in [-0.2, -0.15) is 0 Å². The van der Waals surface area contributed by atoms with Gasteiger partial charge >= 0.3 is 5.97 Å². The summed E-state index contributed by atoms with van der Waals surface area (Å²) in [5, 5.41) is 9.68. The van der Waals surface area contributed by atoms with Crippen molar-refractivity contribution in [3.63, 3.8) is 0 Å². The summed E-state index contributed by atoms with van der Waals surface area (Å²) in [7, 11) is 0. The minimum atomic E-state index is -1.08. The Morgan fingerprint density at radius 3 is 2.72 bits per heavy atom. The molecule has 98 valence electrons. The van der Waals surface area contributed by atoms with Crippen LogP contribution in [0.1, 0.15) is 24.9 Å². The largest absolute Gasteiger partial charge is 0.479 e. The van der Waals surface area contributed by atoms with E-state index in [1.54, 1.807) is 18.2 Å². The lowest BCUT2D eigenvalue weighted by Crippen LogP contribution is -2.33. The van der Waals surface area contributed by atoms with Crippen molar-refractivity contribution >= 4 is 39.9 Å². The fourth-order valence-electron chi connectivity index (χ4n) is 1.66. The second-order valence-electron chi connectivity index (χ2n) is 3.76. The minimum absolute atomic E-state index is 0.383. The van der Waals surface area contributed by atoms with Crippen LogP contribution >= 0.6 is 27.5 Å². The standard InChI is InChI=1S/C12H13BrClNO3/c1-2-5-15(7-16)11(12(17)18)8-3-4-9(13)10(14)6-8/h3-4,6-7,11H,2,5H2,1H3,(H,17,18). The third-order valence-corrected chi connectivity index (χ3v) is 3.67. The number of amides is 1. The van der Waals surface area contributed by atoms with Crippen molar-refractivity contribution < 1.29 is 14.7 Å². The average molecular weight is 335 g/mol. The lowest BCUT2D eigenvalue weighted by atomic mass is 10.1. The Balaban J connectivity index is 3.14. The number of benzene rings is 1. The Morgan fingerprint density at radius 1 is 1.61 bits per heavy atom. The Bertz CT molecular complexity index is 453. The van der Waals surface area contributed by atoms with Crippen molar-refractivity contribution in [3.05, 3.63) is 33.3 Å². The van der Waals surface area contributed by atoms with E-state index in [2.05, 4.69) is 15.9 Å². The smallest absolute Gasteiger partial charge is 0.331 e. The maximum Gasteiger partial charge on any atom is 0.331 e. The molecule has 1 amide bonds. The van der Waals surface area contributed by atoms with E-state index in [1.165, 1.54) is 4.90 Å². The number of hydrogen-bond donors (Lipinski definition) is 1. The molecule has 0 radical (unpaired) electrons. The summed E-state index contributed by atoms with van der Waals surface area (Å²) < 4.78 is 0.685. The van der Waals surface area contributed by atoms with E-state index in [-0.39, 0.29) is 0 Å². The van der Waals surface area contributed by atoms with Crippen LogP contribution in [0.15, 0.2) is 22.7 Å². The van der Waals surface area contributed by atoms with Crippen LogP contribution in [0.25, 0.3) is 0 Å². The Hall–Kier alpha value is -1.07. The van der Waals surface area contributed by atoms with Gasteiger partial charge in [0.2, 0.25) is 6.41 Å². The third kappa shape index (κ3) is 3.46. The van der Waals surface area contributed by atoms with Gasteiger partial charge in [0.1, 0.15) is 0 Å². The van der Waals surface area contributed by atoms with Crippen molar-refractivity contribution in [2.45, 2.75) is 19.4 Å². The molecule has 0 heterocycles. The highest BCUT2D eigenvalue weighted by molar-refractivity contribution is 9.10. The van der Waals surface area contributed by atoms with Crippen molar-refractivity contribution in [2.75, 3.05) is 6.54 Å². The molecule has 18 heavy (non-hydrogen) atoms. The molecule has 0 fully saturated rings. The number of carbonyl (C=O) groups excluding carboxylic acids is 1. The SMILES string of the molecule is CCCN(C=O)C(C(=O)O)c1ccc(Br)c(Cl)c1. The van der Waals surface area contributed by atoms with Gasteiger partial charge in [-0.1, -0.05) is 24.6 Å². The molecule has 0 aliphatic rings. The van der Waals surface area contributed by atoms with Crippen molar-refractivity contribution in [2.24, 2.45) is 0 Å².